The number of ether oxygens (including phenoxy) is 1. The van der Waals surface area contributed by atoms with E-state index in [1.54, 1.807) is 7.05 Å². The zero-order valence-electron chi connectivity index (χ0n) is 7.80. The number of anilines is 1. The normalized spacial score (nSPS) is 9.64. The highest BCUT2D eigenvalue weighted by Gasteiger charge is 2.12. The van der Waals surface area contributed by atoms with Crippen LogP contribution >= 0.6 is 11.6 Å². The first kappa shape index (κ1) is 10.7. The molecule has 0 bridgehead atoms. The molecule has 76 valence electrons. The molecule has 14 heavy (non-hydrogen) atoms. The maximum Gasteiger partial charge on any atom is 0.335 e. The van der Waals surface area contributed by atoms with Crippen molar-refractivity contribution < 1.29 is 14.6 Å². The van der Waals surface area contributed by atoms with Gasteiger partial charge in [-0.2, -0.15) is 0 Å². The zero-order chi connectivity index (χ0) is 10.7. The predicted molar refractivity (Wildman–Crippen MR) is 54.5 cm³/mol. The van der Waals surface area contributed by atoms with Crippen molar-refractivity contribution >= 4 is 23.3 Å². The van der Waals surface area contributed by atoms with Gasteiger partial charge in [0.1, 0.15) is 10.8 Å². The highest BCUT2D eigenvalue weighted by atomic mass is 35.5. The summed E-state index contributed by atoms with van der Waals surface area (Å²) in [5, 5.41) is 12.0. The van der Waals surface area contributed by atoms with E-state index in [1.807, 2.05) is 0 Å². The molecule has 4 nitrogen and oxygen atoms in total. The number of aromatic carboxylic acids is 1. The molecule has 5 heteroatoms. The lowest BCUT2D eigenvalue weighted by Gasteiger charge is -2.09. The predicted octanol–water partition coefficient (Wildman–Crippen LogP) is 2.09. The molecule has 0 radical (unpaired) electrons. The summed E-state index contributed by atoms with van der Waals surface area (Å²) in [4.78, 5) is 10.7. The lowest BCUT2D eigenvalue weighted by Crippen LogP contribution is -2.00. The van der Waals surface area contributed by atoms with Crippen LogP contribution in [0.2, 0.25) is 5.02 Å². The van der Waals surface area contributed by atoms with E-state index in [0.717, 1.165) is 0 Å². The minimum absolute atomic E-state index is 0.135. The fraction of sp³-hybridized carbons (Fsp3) is 0.222. The van der Waals surface area contributed by atoms with Crippen LogP contribution in [0.1, 0.15) is 10.4 Å². The van der Waals surface area contributed by atoms with Gasteiger partial charge < -0.3 is 15.2 Å². The molecule has 1 rings (SSSR count). The summed E-state index contributed by atoms with van der Waals surface area (Å²) in [6.45, 7) is 0. The van der Waals surface area contributed by atoms with E-state index in [4.69, 9.17) is 21.4 Å². The second-order valence-electron chi connectivity index (χ2n) is 2.60. The summed E-state index contributed by atoms with van der Waals surface area (Å²) < 4.78 is 4.94. The largest absolute Gasteiger partial charge is 0.495 e. The van der Waals surface area contributed by atoms with E-state index in [0.29, 0.717) is 16.5 Å². The van der Waals surface area contributed by atoms with Crippen molar-refractivity contribution in [3.8, 4) is 5.75 Å². The summed E-state index contributed by atoms with van der Waals surface area (Å²) in [6, 6.07) is 2.83. The molecule has 0 fully saturated rings. The topological polar surface area (TPSA) is 58.6 Å². The minimum Gasteiger partial charge on any atom is -0.495 e. The Balaban J connectivity index is 3.32. The lowest BCUT2D eigenvalue weighted by molar-refractivity contribution is 0.0696. The molecule has 0 amide bonds. The minimum atomic E-state index is -1.02. The number of carbonyl (C=O) groups is 1. The Morgan fingerprint density at radius 3 is 2.64 bits per heavy atom. The van der Waals surface area contributed by atoms with Gasteiger partial charge in [0.25, 0.3) is 0 Å². The van der Waals surface area contributed by atoms with E-state index in [9.17, 15) is 4.79 Å². The molecule has 0 saturated heterocycles. The van der Waals surface area contributed by atoms with Crippen molar-refractivity contribution in [2.75, 3.05) is 19.5 Å². The standard InChI is InChI=1S/C9H10ClNO3/c1-11-6-3-5(9(12)13)4-7(14-2)8(6)10/h3-4,11H,1-2H3,(H,12,13). The van der Waals surface area contributed by atoms with Crippen molar-refractivity contribution in [3.05, 3.63) is 22.7 Å². The number of nitrogens with one attached hydrogen (secondary N) is 1. The molecule has 2 N–H and O–H groups in total. The van der Waals surface area contributed by atoms with Gasteiger partial charge >= 0.3 is 5.97 Å². The van der Waals surface area contributed by atoms with Gasteiger partial charge in [-0.05, 0) is 12.1 Å². The lowest BCUT2D eigenvalue weighted by atomic mass is 10.2. The smallest absolute Gasteiger partial charge is 0.335 e. The van der Waals surface area contributed by atoms with Gasteiger partial charge in [-0.25, -0.2) is 4.79 Å². The summed E-state index contributed by atoms with van der Waals surface area (Å²) in [6.07, 6.45) is 0. The molecule has 0 atom stereocenters. The quantitative estimate of drug-likeness (QED) is 0.811. The van der Waals surface area contributed by atoms with Gasteiger partial charge in [-0.3, -0.25) is 0 Å². The summed E-state index contributed by atoms with van der Waals surface area (Å²) in [5.41, 5.74) is 0.666. The van der Waals surface area contributed by atoms with E-state index in [2.05, 4.69) is 5.32 Å². The van der Waals surface area contributed by atoms with E-state index in [-0.39, 0.29) is 5.56 Å². The van der Waals surface area contributed by atoms with E-state index < -0.39 is 5.97 Å². The average Bonchev–Trinajstić information content (AvgIpc) is 2.17. The number of hydrogen-bond acceptors (Lipinski definition) is 3. The highest BCUT2D eigenvalue weighted by Crippen LogP contribution is 2.33. The molecule has 0 unspecified atom stereocenters. The van der Waals surface area contributed by atoms with Crippen LogP contribution in [0.3, 0.4) is 0 Å². The number of benzene rings is 1. The summed E-state index contributed by atoms with van der Waals surface area (Å²) in [5.74, 6) is -0.674. The Kier molecular flexibility index (Phi) is 3.19. The van der Waals surface area contributed by atoms with Crippen molar-refractivity contribution in [1.82, 2.24) is 0 Å². The Labute approximate surface area is 86.4 Å². The number of halogens is 1. The second-order valence-corrected chi connectivity index (χ2v) is 2.97. The molecular weight excluding hydrogens is 206 g/mol. The number of carboxylic acids is 1. The molecule has 0 saturated carbocycles. The van der Waals surface area contributed by atoms with Crippen LogP contribution in [-0.2, 0) is 0 Å². The van der Waals surface area contributed by atoms with E-state index >= 15 is 0 Å². The molecule has 0 aliphatic heterocycles. The van der Waals surface area contributed by atoms with E-state index in [1.165, 1.54) is 19.2 Å². The van der Waals surface area contributed by atoms with Crippen LogP contribution in [0, 0.1) is 0 Å². The third-order valence-corrected chi connectivity index (χ3v) is 2.17. The van der Waals surface area contributed by atoms with Gasteiger partial charge in [-0.15, -0.1) is 0 Å². The van der Waals surface area contributed by atoms with Crippen molar-refractivity contribution in [3.63, 3.8) is 0 Å². The first-order chi connectivity index (χ1) is 6.60. The molecule has 0 aliphatic carbocycles. The maximum absolute atomic E-state index is 10.7. The Hall–Kier alpha value is -1.42. The zero-order valence-corrected chi connectivity index (χ0v) is 8.55. The van der Waals surface area contributed by atoms with Crippen molar-refractivity contribution in [1.29, 1.82) is 0 Å². The highest BCUT2D eigenvalue weighted by molar-refractivity contribution is 6.34. The van der Waals surface area contributed by atoms with Crippen LogP contribution in [0.15, 0.2) is 12.1 Å². The number of methoxy groups -OCH3 is 1. The van der Waals surface area contributed by atoms with Gasteiger partial charge in [0, 0.05) is 7.05 Å². The molecule has 1 aromatic carbocycles. The van der Waals surface area contributed by atoms with Gasteiger partial charge in [0.05, 0.1) is 18.4 Å². The third kappa shape index (κ3) is 1.90. The fourth-order valence-corrected chi connectivity index (χ4v) is 1.33. The fourth-order valence-electron chi connectivity index (χ4n) is 1.05. The van der Waals surface area contributed by atoms with Crippen LogP contribution in [0.5, 0.6) is 5.75 Å². The monoisotopic (exact) mass is 215 g/mol. The van der Waals surface area contributed by atoms with Gasteiger partial charge in [-0.1, -0.05) is 11.6 Å². The molecule has 0 heterocycles. The van der Waals surface area contributed by atoms with Gasteiger partial charge in [0.2, 0.25) is 0 Å². The molecule has 1 aromatic rings. The summed E-state index contributed by atoms with van der Waals surface area (Å²) in [7, 11) is 3.10. The average molecular weight is 216 g/mol. The van der Waals surface area contributed by atoms with Crippen LogP contribution in [0.4, 0.5) is 5.69 Å². The summed E-state index contributed by atoms with van der Waals surface area (Å²) >= 11 is 5.91. The van der Waals surface area contributed by atoms with Crippen molar-refractivity contribution in [2.45, 2.75) is 0 Å². The number of carboxylic acid groups (broad SMARTS) is 1. The van der Waals surface area contributed by atoms with Crippen LogP contribution in [0.25, 0.3) is 0 Å². The molecular formula is C9H10ClNO3. The number of rotatable bonds is 3. The first-order valence-corrected chi connectivity index (χ1v) is 4.26. The van der Waals surface area contributed by atoms with Crippen LogP contribution < -0.4 is 10.1 Å². The Morgan fingerprint density at radius 1 is 1.57 bits per heavy atom. The van der Waals surface area contributed by atoms with Crippen LogP contribution in [-0.4, -0.2) is 25.2 Å². The van der Waals surface area contributed by atoms with Crippen molar-refractivity contribution in [2.24, 2.45) is 0 Å². The Bertz CT molecular complexity index is 340. The second kappa shape index (κ2) is 4.19. The maximum atomic E-state index is 10.7. The SMILES string of the molecule is CNc1cc(C(=O)O)cc(OC)c1Cl. The molecule has 0 spiro atoms. The first-order valence-electron chi connectivity index (χ1n) is 3.88. The third-order valence-electron chi connectivity index (χ3n) is 1.78. The molecule has 0 aliphatic rings. The molecule has 0 aromatic heterocycles. The van der Waals surface area contributed by atoms with Gasteiger partial charge in [0.15, 0.2) is 0 Å². The Morgan fingerprint density at radius 2 is 2.21 bits per heavy atom. The number of hydrogen-bond donors (Lipinski definition) is 2.